The summed E-state index contributed by atoms with van der Waals surface area (Å²) in [5, 5.41) is 2.60. The van der Waals surface area contributed by atoms with Crippen molar-refractivity contribution in [1.82, 2.24) is 10.2 Å². The molecular weight excluding hydrogens is 426 g/mol. The molecule has 0 heterocycles. The van der Waals surface area contributed by atoms with Gasteiger partial charge >= 0.3 is 0 Å². The molecule has 0 aliphatic carbocycles. The van der Waals surface area contributed by atoms with E-state index in [0.29, 0.717) is 18.7 Å². The maximum absolute atomic E-state index is 13.1. The highest BCUT2D eigenvalue weighted by Crippen LogP contribution is 2.23. The lowest BCUT2D eigenvalue weighted by atomic mass is 10.1. The van der Waals surface area contributed by atoms with E-state index in [1.165, 1.54) is 10.6 Å². The van der Waals surface area contributed by atoms with Crippen LogP contribution in [0.4, 0.5) is 5.69 Å². The minimum atomic E-state index is -3.50. The number of sulfonamides is 1. The smallest absolute Gasteiger partial charge is 0.242 e. The van der Waals surface area contributed by atoms with E-state index in [4.69, 9.17) is 0 Å². The zero-order chi connectivity index (χ0) is 23.9. The molecular formula is C24H33N3O4S. The molecule has 0 aromatic heterocycles. The van der Waals surface area contributed by atoms with Gasteiger partial charge in [-0.25, -0.2) is 8.42 Å². The summed E-state index contributed by atoms with van der Waals surface area (Å²) in [7, 11) is -1.96. The summed E-state index contributed by atoms with van der Waals surface area (Å²) >= 11 is 0. The number of carbonyl (C=O) groups excluding carboxylic acids is 2. The molecule has 2 rings (SSSR count). The first-order valence-electron chi connectivity index (χ1n) is 10.6. The maximum atomic E-state index is 13.1. The van der Waals surface area contributed by atoms with Crippen LogP contribution in [0, 0.1) is 13.8 Å². The molecule has 0 radical (unpaired) electrons. The molecule has 1 N–H and O–H groups in total. The van der Waals surface area contributed by atoms with E-state index in [-0.39, 0.29) is 24.8 Å². The summed E-state index contributed by atoms with van der Waals surface area (Å²) in [5.74, 6) is -0.438. The van der Waals surface area contributed by atoms with Crippen molar-refractivity contribution in [2.45, 2.75) is 46.2 Å². The van der Waals surface area contributed by atoms with Gasteiger partial charge in [0.15, 0.2) is 0 Å². The topological polar surface area (TPSA) is 86.8 Å². The minimum absolute atomic E-state index is 0.130. The molecule has 0 spiro atoms. The first-order valence-corrected chi connectivity index (χ1v) is 12.5. The van der Waals surface area contributed by atoms with Crippen LogP contribution in [0.25, 0.3) is 0 Å². The third kappa shape index (κ3) is 6.56. The van der Waals surface area contributed by atoms with Crippen LogP contribution in [-0.4, -0.2) is 51.0 Å². The van der Waals surface area contributed by atoms with Gasteiger partial charge in [0.2, 0.25) is 21.8 Å². The van der Waals surface area contributed by atoms with Gasteiger partial charge in [-0.05, 0) is 49.9 Å². The lowest BCUT2D eigenvalue weighted by molar-refractivity contribution is -0.140. The Labute approximate surface area is 191 Å². The number of hydrogen-bond acceptors (Lipinski definition) is 4. The number of nitrogens with zero attached hydrogens (tertiary/aromatic N) is 2. The van der Waals surface area contributed by atoms with Crippen LogP contribution >= 0.6 is 0 Å². The van der Waals surface area contributed by atoms with Gasteiger partial charge in [0.25, 0.3) is 0 Å². The van der Waals surface area contributed by atoms with Crippen molar-refractivity contribution >= 4 is 27.5 Å². The van der Waals surface area contributed by atoms with Crippen LogP contribution in [0.15, 0.2) is 48.5 Å². The van der Waals surface area contributed by atoms with Crippen LogP contribution < -0.4 is 9.62 Å². The molecule has 0 saturated heterocycles. The number of hydrogen-bond donors (Lipinski definition) is 1. The molecule has 32 heavy (non-hydrogen) atoms. The molecule has 0 bridgehead atoms. The van der Waals surface area contributed by atoms with E-state index in [0.717, 1.165) is 16.7 Å². The van der Waals surface area contributed by atoms with E-state index >= 15 is 0 Å². The summed E-state index contributed by atoms with van der Waals surface area (Å²) in [5.41, 5.74) is 3.46. The lowest BCUT2D eigenvalue weighted by Crippen LogP contribution is -2.47. The fraction of sp³-hybridized carbons (Fsp3) is 0.417. The SMILES string of the molecule is CNC(=O)[C@H](C)N(Cc1ccccc1C)C(=O)CCCN(c1ccccc1C)S(C)(=O)=O. The second-order valence-corrected chi connectivity index (χ2v) is 9.87. The quantitative estimate of drug-likeness (QED) is 0.592. The third-order valence-corrected chi connectivity index (χ3v) is 6.73. The number of rotatable bonds is 10. The maximum Gasteiger partial charge on any atom is 0.242 e. The Morgan fingerprint density at radius 2 is 1.59 bits per heavy atom. The predicted octanol–water partition coefficient (Wildman–Crippen LogP) is 3.01. The average molecular weight is 460 g/mol. The van der Waals surface area contributed by atoms with E-state index in [1.54, 1.807) is 31.0 Å². The standard InChI is InChI=1S/C24H33N3O4S/c1-18-11-6-8-13-21(18)17-26(20(3)24(29)25-4)23(28)15-10-16-27(32(5,30)31)22-14-9-7-12-19(22)2/h6-9,11-14,20H,10,15-17H2,1-5H3,(H,25,29)/t20-/m0/s1. The second-order valence-electron chi connectivity index (χ2n) is 7.96. The van der Waals surface area contributed by atoms with Crippen LogP contribution in [0.5, 0.6) is 0 Å². The summed E-state index contributed by atoms with van der Waals surface area (Å²) in [6, 6.07) is 14.4. The van der Waals surface area contributed by atoms with Crippen LogP contribution in [0.2, 0.25) is 0 Å². The summed E-state index contributed by atoms with van der Waals surface area (Å²) < 4.78 is 26.1. The van der Waals surface area contributed by atoms with Crippen molar-refractivity contribution in [3.05, 3.63) is 65.2 Å². The molecule has 8 heteroatoms. The van der Waals surface area contributed by atoms with Gasteiger partial charge in [0.1, 0.15) is 6.04 Å². The van der Waals surface area contributed by atoms with Crippen molar-refractivity contribution in [2.24, 2.45) is 0 Å². The van der Waals surface area contributed by atoms with E-state index in [2.05, 4.69) is 5.32 Å². The first kappa shape index (κ1) is 25.4. The van der Waals surface area contributed by atoms with Gasteiger partial charge in [-0.15, -0.1) is 0 Å². The van der Waals surface area contributed by atoms with Gasteiger partial charge < -0.3 is 10.2 Å². The highest BCUT2D eigenvalue weighted by atomic mass is 32.2. The van der Waals surface area contributed by atoms with Crippen molar-refractivity contribution in [3.63, 3.8) is 0 Å². The van der Waals surface area contributed by atoms with Gasteiger partial charge in [0, 0.05) is 26.6 Å². The Morgan fingerprint density at radius 3 is 2.16 bits per heavy atom. The average Bonchev–Trinajstić information content (AvgIpc) is 2.75. The summed E-state index contributed by atoms with van der Waals surface area (Å²) in [6.45, 7) is 6.02. The minimum Gasteiger partial charge on any atom is -0.357 e. The Bertz CT molecular complexity index is 1050. The first-order chi connectivity index (χ1) is 15.1. The molecule has 2 aromatic carbocycles. The van der Waals surface area contributed by atoms with Gasteiger partial charge in [0.05, 0.1) is 11.9 Å². The second kappa shape index (κ2) is 11.1. The number of amides is 2. The van der Waals surface area contributed by atoms with Crippen molar-refractivity contribution in [2.75, 3.05) is 24.2 Å². The van der Waals surface area contributed by atoms with E-state index < -0.39 is 16.1 Å². The summed E-state index contributed by atoms with van der Waals surface area (Å²) in [4.78, 5) is 27.0. The number of para-hydroxylation sites is 1. The Balaban J connectivity index is 2.17. The van der Waals surface area contributed by atoms with Gasteiger partial charge in [-0.3, -0.25) is 13.9 Å². The van der Waals surface area contributed by atoms with Crippen molar-refractivity contribution < 1.29 is 18.0 Å². The lowest BCUT2D eigenvalue weighted by Gasteiger charge is -2.29. The Morgan fingerprint density at radius 1 is 1.00 bits per heavy atom. The van der Waals surface area contributed by atoms with Crippen LogP contribution in [0.3, 0.4) is 0 Å². The molecule has 0 aliphatic heterocycles. The highest BCUT2D eigenvalue weighted by Gasteiger charge is 2.26. The fourth-order valence-corrected chi connectivity index (χ4v) is 4.61. The molecule has 2 amide bonds. The Hall–Kier alpha value is -2.87. The highest BCUT2D eigenvalue weighted by molar-refractivity contribution is 7.92. The zero-order valence-corrected chi connectivity index (χ0v) is 20.3. The number of likely N-dealkylation sites (N-methyl/N-ethyl adjacent to an activating group) is 1. The number of carbonyl (C=O) groups is 2. The largest absolute Gasteiger partial charge is 0.357 e. The van der Waals surface area contributed by atoms with Gasteiger partial charge in [-0.2, -0.15) is 0 Å². The number of anilines is 1. The number of nitrogens with one attached hydrogen (secondary N) is 1. The monoisotopic (exact) mass is 459 g/mol. The Kier molecular flexibility index (Phi) is 8.83. The van der Waals surface area contributed by atoms with E-state index in [1.807, 2.05) is 50.2 Å². The zero-order valence-electron chi connectivity index (χ0n) is 19.5. The molecule has 0 fully saturated rings. The number of benzene rings is 2. The number of aryl methyl sites for hydroxylation is 2. The molecule has 0 aliphatic rings. The van der Waals surface area contributed by atoms with Crippen molar-refractivity contribution in [1.29, 1.82) is 0 Å². The molecule has 174 valence electrons. The fourth-order valence-electron chi connectivity index (χ4n) is 3.59. The molecule has 7 nitrogen and oxygen atoms in total. The predicted molar refractivity (Wildman–Crippen MR) is 128 cm³/mol. The van der Waals surface area contributed by atoms with E-state index in [9.17, 15) is 18.0 Å². The van der Waals surface area contributed by atoms with Gasteiger partial charge in [-0.1, -0.05) is 42.5 Å². The molecule has 1 atom stereocenters. The summed E-state index contributed by atoms with van der Waals surface area (Å²) in [6.07, 6.45) is 1.63. The van der Waals surface area contributed by atoms with Crippen LogP contribution in [0.1, 0.15) is 36.5 Å². The van der Waals surface area contributed by atoms with Crippen LogP contribution in [-0.2, 0) is 26.2 Å². The molecule has 0 saturated carbocycles. The van der Waals surface area contributed by atoms with Crippen molar-refractivity contribution in [3.8, 4) is 0 Å². The molecule has 2 aromatic rings. The third-order valence-electron chi connectivity index (χ3n) is 5.55. The normalized spacial score (nSPS) is 12.2. The molecule has 0 unspecified atom stereocenters.